The Balaban J connectivity index is 1.84. The van der Waals surface area contributed by atoms with Crippen molar-refractivity contribution in [2.75, 3.05) is 0 Å². The fourth-order valence-electron chi connectivity index (χ4n) is 3.85. The van der Waals surface area contributed by atoms with Gasteiger partial charge in [-0.05, 0) is 50.0 Å². The number of hydrogen-bond donors (Lipinski definition) is 2. The van der Waals surface area contributed by atoms with Gasteiger partial charge in [0.15, 0.2) is 0 Å². The number of benzene rings is 1. The summed E-state index contributed by atoms with van der Waals surface area (Å²) in [5.41, 5.74) is -1.00. The van der Waals surface area contributed by atoms with Crippen LogP contribution in [0.15, 0.2) is 30.3 Å². The van der Waals surface area contributed by atoms with Crippen molar-refractivity contribution in [1.29, 1.82) is 0 Å². The first-order valence-corrected chi connectivity index (χ1v) is 6.94. The average Bonchev–Trinajstić information content (AvgIpc) is 2.98. The normalized spacial score (nSPS) is 35.5. The Labute approximate surface area is 113 Å². The van der Waals surface area contributed by atoms with Crippen LogP contribution in [0.1, 0.15) is 38.2 Å². The molecule has 1 aromatic carbocycles. The average molecular weight is 260 g/mol. The number of fused-ring (bicyclic) bond motifs is 1. The maximum atomic E-state index is 11.7. The van der Waals surface area contributed by atoms with E-state index in [4.69, 9.17) is 0 Å². The number of carboxylic acids is 1. The van der Waals surface area contributed by atoms with Gasteiger partial charge in [0.2, 0.25) is 0 Å². The summed E-state index contributed by atoms with van der Waals surface area (Å²) in [6, 6.07) is 9.39. The van der Waals surface area contributed by atoms with Gasteiger partial charge >= 0.3 is 5.97 Å². The zero-order chi connectivity index (χ0) is 13.7. The van der Waals surface area contributed by atoms with E-state index in [1.807, 2.05) is 30.3 Å². The highest BCUT2D eigenvalue weighted by molar-refractivity contribution is 5.75. The van der Waals surface area contributed by atoms with Crippen molar-refractivity contribution in [2.24, 2.45) is 17.3 Å². The highest BCUT2D eigenvalue weighted by Crippen LogP contribution is 2.62. The van der Waals surface area contributed by atoms with E-state index >= 15 is 0 Å². The van der Waals surface area contributed by atoms with Crippen molar-refractivity contribution >= 4 is 5.97 Å². The second-order valence-electron chi connectivity index (χ2n) is 6.57. The molecule has 2 N–H and O–H groups in total. The Morgan fingerprint density at radius 3 is 2.42 bits per heavy atom. The van der Waals surface area contributed by atoms with Crippen LogP contribution in [-0.2, 0) is 10.4 Å². The molecule has 0 aliphatic heterocycles. The summed E-state index contributed by atoms with van der Waals surface area (Å²) in [6.07, 6.45) is 2.96. The molecule has 1 aromatic rings. The monoisotopic (exact) mass is 260 g/mol. The van der Waals surface area contributed by atoms with Crippen LogP contribution >= 0.6 is 0 Å². The summed E-state index contributed by atoms with van der Waals surface area (Å²) < 4.78 is 0. The van der Waals surface area contributed by atoms with Crippen LogP contribution in [-0.4, -0.2) is 16.2 Å². The lowest BCUT2D eigenvalue weighted by molar-refractivity contribution is -0.154. The summed E-state index contributed by atoms with van der Waals surface area (Å²) in [5.74, 6) is 0.432. The number of carbonyl (C=O) groups is 1. The first kappa shape index (κ1) is 12.7. The van der Waals surface area contributed by atoms with E-state index in [0.717, 1.165) is 18.4 Å². The molecule has 19 heavy (non-hydrogen) atoms. The number of carboxylic acid groups (broad SMARTS) is 1. The minimum Gasteiger partial charge on any atom is -0.481 e. The predicted molar refractivity (Wildman–Crippen MR) is 71.5 cm³/mol. The van der Waals surface area contributed by atoms with Crippen LogP contribution in [0.3, 0.4) is 0 Å². The van der Waals surface area contributed by atoms with Crippen molar-refractivity contribution in [3.05, 3.63) is 35.9 Å². The van der Waals surface area contributed by atoms with E-state index in [1.54, 1.807) is 6.92 Å². The van der Waals surface area contributed by atoms with Gasteiger partial charge in [0.05, 0.1) is 11.0 Å². The molecule has 0 bridgehead atoms. The summed E-state index contributed by atoms with van der Waals surface area (Å²) >= 11 is 0. The van der Waals surface area contributed by atoms with E-state index in [9.17, 15) is 15.0 Å². The molecular formula is C16H20O3. The quantitative estimate of drug-likeness (QED) is 0.875. The molecule has 102 valence electrons. The van der Waals surface area contributed by atoms with Gasteiger partial charge in [-0.15, -0.1) is 0 Å². The largest absolute Gasteiger partial charge is 0.481 e. The molecule has 2 fully saturated rings. The first-order valence-electron chi connectivity index (χ1n) is 6.94. The summed E-state index contributed by atoms with van der Waals surface area (Å²) in [4.78, 5) is 11.7. The molecule has 0 amide bonds. The van der Waals surface area contributed by atoms with Crippen molar-refractivity contribution in [3.63, 3.8) is 0 Å². The second-order valence-corrected chi connectivity index (χ2v) is 6.57. The van der Waals surface area contributed by atoms with Crippen LogP contribution in [0.4, 0.5) is 0 Å². The van der Waals surface area contributed by atoms with E-state index in [0.29, 0.717) is 18.3 Å². The van der Waals surface area contributed by atoms with Crippen molar-refractivity contribution in [3.8, 4) is 0 Å². The molecule has 3 nitrogen and oxygen atoms in total. The standard InChI is InChI=1S/C16H20O3/c1-15(19,13-5-3-2-4-6-13)10-16(14(17)18)8-11-7-12(11)9-16/h2-6,11-12,19H,7-10H2,1H3,(H,17,18). The Kier molecular flexibility index (Phi) is 2.72. The van der Waals surface area contributed by atoms with E-state index in [2.05, 4.69) is 0 Å². The van der Waals surface area contributed by atoms with Gasteiger partial charge in [0, 0.05) is 0 Å². The predicted octanol–water partition coefficient (Wildman–Crippen LogP) is 2.79. The van der Waals surface area contributed by atoms with E-state index in [1.165, 1.54) is 6.42 Å². The zero-order valence-electron chi connectivity index (χ0n) is 11.2. The molecular weight excluding hydrogens is 240 g/mol. The molecule has 3 atom stereocenters. The molecule has 0 heterocycles. The van der Waals surface area contributed by atoms with Crippen molar-refractivity contribution in [1.82, 2.24) is 0 Å². The highest BCUT2D eigenvalue weighted by Gasteiger charge is 2.59. The van der Waals surface area contributed by atoms with Crippen LogP contribution < -0.4 is 0 Å². The fourth-order valence-corrected chi connectivity index (χ4v) is 3.85. The third kappa shape index (κ3) is 2.16. The molecule has 0 saturated heterocycles. The highest BCUT2D eigenvalue weighted by atomic mass is 16.4. The molecule has 0 radical (unpaired) electrons. The topological polar surface area (TPSA) is 57.5 Å². The summed E-state index contributed by atoms with van der Waals surface area (Å²) in [5, 5.41) is 20.3. The third-order valence-electron chi connectivity index (χ3n) is 4.91. The van der Waals surface area contributed by atoms with Gasteiger partial charge in [0.25, 0.3) is 0 Å². The Bertz CT molecular complexity index is 482. The second kappa shape index (κ2) is 4.07. The first-order chi connectivity index (χ1) is 8.93. The molecule has 0 aromatic heterocycles. The maximum Gasteiger partial charge on any atom is 0.309 e. The van der Waals surface area contributed by atoms with Gasteiger partial charge in [-0.25, -0.2) is 0 Å². The van der Waals surface area contributed by atoms with E-state index < -0.39 is 17.0 Å². The molecule has 0 spiro atoms. The smallest absolute Gasteiger partial charge is 0.309 e. The molecule has 2 aliphatic carbocycles. The molecule has 3 unspecified atom stereocenters. The SMILES string of the molecule is CC(O)(CC1(C(=O)O)CC2CC2C1)c1ccccc1. The van der Waals surface area contributed by atoms with Gasteiger partial charge in [-0.2, -0.15) is 0 Å². The number of rotatable bonds is 4. The molecule has 2 saturated carbocycles. The lowest BCUT2D eigenvalue weighted by Gasteiger charge is -2.34. The number of hydrogen-bond acceptors (Lipinski definition) is 2. The lowest BCUT2D eigenvalue weighted by Crippen LogP contribution is -2.38. The van der Waals surface area contributed by atoms with Crippen LogP contribution in [0.5, 0.6) is 0 Å². The van der Waals surface area contributed by atoms with Gasteiger partial charge in [-0.1, -0.05) is 30.3 Å². The van der Waals surface area contributed by atoms with Crippen LogP contribution in [0, 0.1) is 17.3 Å². The van der Waals surface area contributed by atoms with Crippen LogP contribution in [0.2, 0.25) is 0 Å². The number of aliphatic hydroxyl groups is 1. The third-order valence-corrected chi connectivity index (χ3v) is 4.91. The number of aliphatic carboxylic acids is 1. The molecule has 2 aliphatic rings. The Morgan fingerprint density at radius 1 is 1.32 bits per heavy atom. The summed E-state index contributed by atoms with van der Waals surface area (Å²) in [7, 11) is 0. The lowest BCUT2D eigenvalue weighted by atomic mass is 9.72. The minimum absolute atomic E-state index is 0.312. The minimum atomic E-state index is -1.07. The maximum absolute atomic E-state index is 11.7. The van der Waals surface area contributed by atoms with Gasteiger partial charge in [-0.3, -0.25) is 4.79 Å². The van der Waals surface area contributed by atoms with Crippen LogP contribution in [0.25, 0.3) is 0 Å². The van der Waals surface area contributed by atoms with Gasteiger partial charge in [0.1, 0.15) is 0 Å². The van der Waals surface area contributed by atoms with Crippen molar-refractivity contribution < 1.29 is 15.0 Å². The fraction of sp³-hybridized carbons (Fsp3) is 0.562. The van der Waals surface area contributed by atoms with E-state index in [-0.39, 0.29) is 0 Å². The Morgan fingerprint density at radius 2 is 1.89 bits per heavy atom. The Hall–Kier alpha value is -1.35. The van der Waals surface area contributed by atoms with Crippen molar-refractivity contribution in [2.45, 2.75) is 38.2 Å². The summed E-state index contributed by atoms with van der Waals surface area (Å²) in [6.45, 7) is 1.73. The zero-order valence-corrected chi connectivity index (χ0v) is 11.2. The van der Waals surface area contributed by atoms with Gasteiger partial charge < -0.3 is 10.2 Å². The molecule has 3 rings (SSSR count). The molecule has 3 heteroatoms.